The maximum Gasteiger partial charge on any atom is 0.224 e. The molecule has 2 heterocycles. The van der Waals surface area contributed by atoms with E-state index in [9.17, 15) is 4.79 Å². The fraction of sp³-hybridized carbons (Fsp3) is 0.0870. The first kappa shape index (κ1) is 19.4. The van der Waals surface area contributed by atoms with E-state index < -0.39 is 0 Å². The number of hydrogen-bond donors (Lipinski definition) is 4. The number of nitrogens with two attached hydrogens (primary N) is 2. The summed E-state index contributed by atoms with van der Waals surface area (Å²) in [4.78, 5) is 22.4. The summed E-state index contributed by atoms with van der Waals surface area (Å²) in [5.74, 6) is 1.00. The zero-order valence-electron chi connectivity index (χ0n) is 16.5. The lowest BCUT2D eigenvalue weighted by Gasteiger charge is -2.05. The van der Waals surface area contributed by atoms with Crippen molar-refractivity contribution in [2.75, 3.05) is 18.1 Å². The van der Waals surface area contributed by atoms with Crippen LogP contribution in [0.3, 0.4) is 0 Å². The fourth-order valence-corrected chi connectivity index (χ4v) is 3.38. The van der Waals surface area contributed by atoms with Gasteiger partial charge in [-0.05, 0) is 29.8 Å². The third-order valence-corrected chi connectivity index (χ3v) is 4.92. The van der Waals surface area contributed by atoms with Crippen molar-refractivity contribution in [2.45, 2.75) is 6.54 Å². The Balaban J connectivity index is 0.000000145. The van der Waals surface area contributed by atoms with E-state index in [1.165, 1.54) is 5.39 Å². The molecule has 0 bridgehead atoms. The summed E-state index contributed by atoms with van der Waals surface area (Å²) < 4.78 is 0. The summed E-state index contributed by atoms with van der Waals surface area (Å²) in [6, 6.07) is 19.6. The standard InChI is InChI=1S/C13H9NO.C10H13N5/c15-8-9-5-6-11-10-3-1-2-4-12(10)14-13(11)7-9;1-13-10-14-8-4-6(5-11)2-3-7(8)9(12)15-10/h1-8,14H;2-4H,5,11H2,1H3,(H3,12,13,14,15). The molecular weight excluding hydrogens is 376 g/mol. The Kier molecular flexibility index (Phi) is 5.28. The number of nitrogens with zero attached hydrogens (tertiary/aromatic N) is 2. The van der Waals surface area contributed by atoms with Crippen LogP contribution in [0, 0.1) is 0 Å². The van der Waals surface area contributed by atoms with Gasteiger partial charge in [0.2, 0.25) is 5.95 Å². The SMILES string of the molecule is CNc1nc(N)c2ccc(CN)cc2n1.O=Cc1ccc2c(c1)[nH]c1ccccc12. The molecule has 7 nitrogen and oxygen atoms in total. The Morgan fingerprint density at radius 3 is 2.50 bits per heavy atom. The lowest BCUT2D eigenvalue weighted by atomic mass is 10.1. The molecule has 0 spiro atoms. The second kappa shape index (κ2) is 8.18. The number of aromatic nitrogens is 3. The maximum atomic E-state index is 10.7. The molecule has 5 aromatic rings. The van der Waals surface area contributed by atoms with Crippen molar-refractivity contribution < 1.29 is 4.79 Å². The zero-order chi connectivity index (χ0) is 21.1. The lowest BCUT2D eigenvalue weighted by Crippen LogP contribution is -2.02. The minimum Gasteiger partial charge on any atom is -0.383 e. The molecule has 0 saturated carbocycles. The Bertz CT molecular complexity index is 1350. The van der Waals surface area contributed by atoms with Gasteiger partial charge in [-0.1, -0.05) is 36.4 Å². The fourth-order valence-electron chi connectivity index (χ4n) is 3.38. The summed E-state index contributed by atoms with van der Waals surface area (Å²) >= 11 is 0. The van der Waals surface area contributed by atoms with Crippen LogP contribution in [0.2, 0.25) is 0 Å². The third-order valence-electron chi connectivity index (χ3n) is 4.92. The summed E-state index contributed by atoms with van der Waals surface area (Å²) in [7, 11) is 1.76. The lowest BCUT2D eigenvalue weighted by molar-refractivity contribution is 0.112. The van der Waals surface area contributed by atoms with Crippen LogP contribution in [0.5, 0.6) is 0 Å². The van der Waals surface area contributed by atoms with Crippen molar-refractivity contribution in [3.63, 3.8) is 0 Å². The third kappa shape index (κ3) is 3.66. The summed E-state index contributed by atoms with van der Waals surface area (Å²) in [6.45, 7) is 0.495. The number of H-pyrrole nitrogens is 1. The number of hydrogen-bond acceptors (Lipinski definition) is 6. The van der Waals surface area contributed by atoms with Gasteiger partial charge in [0.25, 0.3) is 0 Å². The highest BCUT2D eigenvalue weighted by Gasteiger charge is 2.05. The molecule has 6 N–H and O–H groups in total. The van der Waals surface area contributed by atoms with Crippen molar-refractivity contribution in [3.05, 3.63) is 71.8 Å². The monoisotopic (exact) mass is 398 g/mol. The van der Waals surface area contributed by atoms with E-state index in [-0.39, 0.29) is 0 Å². The molecule has 7 heteroatoms. The molecule has 30 heavy (non-hydrogen) atoms. The Morgan fingerprint density at radius 1 is 0.967 bits per heavy atom. The van der Waals surface area contributed by atoms with Gasteiger partial charge in [-0.2, -0.15) is 4.98 Å². The zero-order valence-corrected chi connectivity index (χ0v) is 16.5. The molecule has 0 unspecified atom stereocenters. The molecule has 0 atom stereocenters. The number of benzene rings is 3. The summed E-state index contributed by atoms with van der Waals surface area (Å²) in [6.07, 6.45) is 0.866. The van der Waals surface area contributed by atoms with E-state index in [0.717, 1.165) is 39.2 Å². The summed E-state index contributed by atoms with van der Waals surface area (Å²) in [5.41, 5.74) is 16.0. The van der Waals surface area contributed by atoms with Crippen molar-refractivity contribution in [3.8, 4) is 0 Å². The first-order valence-electron chi connectivity index (χ1n) is 9.52. The van der Waals surface area contributed by atoms with E-state index in [4.69, 9.17) is 11.5 Å². The van der Waals surface area contributed by atoms with E-state index in [2.05, 4.69) is 26.3 Å². The van der Waals surface area contributed by atoms with Crippen LogP contribution < -0.4 is 16.8 Å². The molecule has 0 aliphatic rings. The van der Waals surface area contributed by atoms with Crippen LogP contribution in [-0.4, -0.2) is 28.3 Å². The average molecular weight is 398 g/mol. The van der Waals surface area contributed by atoms with Gasteiger partial charge in [0.15, 0.2) is 0 Å². The van der Waals surface area contributed by atoms with Crippen LogP contribution in [0.15, 0.2) is 60.7 Å². The van der Waals surface area contributed by atoms with Crippen LogP contribution in [-0.2, 0) is 6.54 Å². The van der Waals surface area contributed by atoms with Gasteiger partial charge in [0.05, 0.1) is 5.52 Å². The minimum atomic E-state index is 0.480. The topological polar surface area (TPSA) is 123 Å². The van der Waals surface area contributed by atoms with E-state index >= 15 is 0 Å². The Morgan fingerprint density at radius 2 is 1.73 bits per heavy atom. The number of carbonyl (C=O) groups excluding carboxylic acids is 1. The van der Waals surface area contributed by atoms with Crippen LogP contribution in [0.4, 0.5) is 11.8 Å². The number of aldehydes is 1. The van der Waals surface area contributed by atoms with E-state index in [0.29, 0.717) is 23.9 Å². The van der Waals surface area contributed by atoms with Crippen LogP contribution in [0.1, 0.15) is 15.9 Å². The molecular formula is C23H22N6O. The molecule has 0 amide bonds. The van der Waals surface area contributed by atoms with Gasteiger partial charge < -0.3 is 21.8 Å². The highest BCUT2D eigenvalue weighted by atomic mass is 16.1. The number of carbonyl (C=O) groups is 1. The predicted octanol–water partition coefficient (Wildman–Crippen LogP) is 3.85. The van der Waals surface area contributed by atoms with Crippen molar-refractivity contribution in [1.82, 2.24) is 15.0 Å². The average Bonchev–Trinajstić information content (AvgIpc) is 3.16. The molecule has 3 aromatic carbocycles. The summed E-state index contributed by atoms with van der Waals surface area (Å²) in [5, 5.41) is 6.08. The van der Waals surface area contributed by atoms with Gasteiger partial charge in [-0.3, -0.25) is 4.79 Å². The normalized spacial score (nSPS) is 10.7. The highest BCUT2D eigenvalue weighted by Crippen LogP contribution is 2.25. The first-order valence-corrected chi connectivity index (χ1v) is 9.52. The molecule has 0 saturated heterocycles. The van der Waals surface area contributed by atoms with Crippen molar-refractivity contribution in [2.24, 2.45) is 5.73 Å². The molecule has 0 radical (unpaired) electrons. The molecule has 2 aromatic heterocycles. The number of nitrogens with one attached hydrogen (secondary N) is 2. The number of para-hydroxylation sites is 1. The van der Waals surface area contributed by atoms with E-state index in [1.54, 1.807) is 7.05 Å². The second-order valence-corrected chi connectivity index (χ2v) is 6.83. The molecule has 5 rings (SSSR count). The Labute approximate surface area is 173 Å². The quantitative estimate of drug-likeness (QED) is 0.342. The van der Waals surface area contributed by atoms with Gasteiger partial charge in [0, 0.05) is 46.3 Å². The number of aromatic amines is 1. The Hall–Kier alpha value is -3.97. The highest BCUT2D eigenvalue weighted by molar-refractivity contribution is 6.08. The maximum absolute atomic E-state index is 10.7. The number of nitrogen functional groups attached to an aromatic ring is 1. The van der Waals surface area contributed by atoms with Gasteiger partial charge in [0.1, 0.15) is 12.1 Å². The molecule has 150 valence electrons. The van der Waals surface area contributed by atoms with Gasteiger partial charge in [-0.15, -0.1) is 0 Å². The van der Waals surface area contributed by atoms with Crippen molar-refractivity contribution >= 4 is 50.8 Å². The predicted molar refractivity (Wildman–Crippen MR) is 123 cm³/mol. The minimum absolute atomic E-state index is 0.480. The van der Waals surface area contributed by atoms with E-state index in [1.807, 2.05) is 54.6 Å². The largest absolute Gasteiger partial charge is 0.383 e. The van der Waals surface area contributed by atoms with Crippen LogP contribution >= 0.6 is 0 Å². The van der Waals surface area contributed by atoms with Gasteiger partial charge in [-0.25, -0.2) is 4.98 Å². The number of fused-ring (bicyclic) bond motifs is 4. The van der Waals surface area contributed by atoms with Crippen molar-refractivity contribution in [1.29, 1.82) is 0 Å². The number of rotatable bonds is 3. The number of anilines is 2. The smallest absolute Gasteiger partial charge is 0.224 e. The van der Waals surface area contributed by atoms with Gasteiger partial charge >= 0.3 is 0 Å². The second-order valence-electron chi connectivity index (χ2n) is 6.83. The van der Waals surface area contributed by atoms with Crippen LogP contribution in [0.25, 0.3) is 32.7 Å². The first-order chi connectivity index (χ1) is 14.6. The molecule has 0 aliphatic heterocycles. The molecule has 0 fully saturated rings. The molecule has 0 aliphatic carbocycles.